The zero-order valence-corrected chi connectivity index (χ0v) is 12.9. The van der Waals surface area contributed by atoms with Crippen molar-refractivity contribution in [3.05, 3.63) is 58.5 Å². The Morgan fingerprint density at radius 3 is 2.21 bits per heavy atom. The van der Waals surface area contributed by atoms with Crippen LogP contribution in [0.15, 0.2) is 40.8 Å². The maximum absolute atomic E-state index is 6.39. The van der Waals surface area contributed by atoms with Crippen LogP contribution < -0.4 is 0 Å². The summed E-state index contributed by atoms with van der Waals surface area (Å²) in [7, 11) is 0. The SMILES string of the molecule is CCC(C)(C)c1ccc(C(Cl)c2ccc(Cl)o2)cc1. The maximum atomic E-state index is 6.39. The van der Waals surface area contributed by atoms with Gasteiger partial charge in [-0.2, -0.15) is 0 Å². The van der Waals surface area contributed by atoms with E-state index < -0.39 is 0 Å². The summed E-state index contributed by atoms with van der Waals surface area (Å²) in [5.74, 6) is 0.675. The van der Waals surface area contributed by atoms with Gasteiger partial charge in [0.2, 0.25) is 0 Å². The van der Waals surface area contributed by atoms with Crippen LogP contribution in [0.3, 0.4) is 0 Å². The van der Waals surface area contributed by atoms with Gasteiger partial charge in [0.15, 0.2) is 5.22 Å². The predicted molar refractivity (Wildman–Crippen MR) is 81.2 cm³/mol. The molecule has 0 aliphatic rings. The van der Waals surface area contributed by atoms with Gasteiger partial charge in [-0.1, -0.05) is 45.0 Å². The lowest BCUT2D eigenvalue weighted by atomic mass is 9.82. The fourth-order valence-corrected chi connectivity index (χ4v) is 2.35. The molecule has 0 aliphatic heterocycles. The zero-order valence-electron chi connectivity index (χ0n) is 11.4. The summed E-state index contributed by atoms with van der Waals surface area (Å²) in [6.45, 7) is 6.68. The average Bonchev–Trinajstić information content (AvgIpc) is 2.85. The van der Waals surface area contributed by atoms with Crippen LogP contribution in [0.25, 0.3) is 0 Å². The van der Waals surface area contributed by atoms with Crippen molar-refractivity contribution in [3.63, 3.8) is 0 Å². The van der Waals surface area contributed by atoms with E-state index in [-0.39, 0.29) is 10.8 Å². The van der Waals surface area contributed by atoms with E-state index in [2.05, 4.69) is 45.0 Å². The van der Waals surface area contributed by atoms with Crippen molar-refractivity contribution < 1.29 is 4.42 Å². The molecule has 0 N–H and O–H groups in total. The van der Waals surface area contributed by atoms with E-state index in [9.17, 15) is 0 Å². The van der Waals surface area contributed by atoms with Crippen LogP contribution in [0.4, 0.5) is 0 Å². The highest BCUT2D eigenvalue weighted by Crippen LogP contribution is 2.33. The van der Waals surface area contributed by atoms with E-state index in [4.69, 9.17) is 27.6 Å². The first-order chi connectivity index (χ1) is 8.94. The third-order valence-electron chi connectivity index (χ3n) is 3.71. The summed E-state index contributed by atoms with van der Waals surface area (Å²) in [4.78, 5) is 0. The van der Waals surface area contributed by atoms with Gasteiger partial charge in [-0.25, -0.2) is 0 Å². The summed E-state index contributed by atoms with van der Waals surface area (Å²) < 4.78 is 5.35. The molecule has 1 aromatic carbocycles. The smallest absolute Gasteiger partial charge is 0.193 e. The van der Waals surface area contributed by atoms with Crippen LogP contribution in [0.1, 0.15) is 49.5 Å². The molecular weight excluding hydrogens is 279 g/mol. The number of rotatable bonds is 4. The first-order valence-electron chi connectivity index (χ1n) is 6.44. The molecule has 1 aromatic heterocycles. The lowest BCUT2D eigenvalue weighted by Gasteiger charge is -2.23. The number of furan rings is 1. The minimum Gasteiger partial charge on any atom is -0.448 e. The number of benzene rings is 1. The molecule has 0 amide bonds. The third-order valence-corrected chi connectivity index (χ3v) is 4.38. The van der Waals surface area contributed by atoms with Gasteiger partial charge < -0.3 is 4.42 Å². The monoisotopic (exact) mass is 296 g/mol. The van der Waals surface area contributed by atoms with Gasteiger partial charge in [0.25, 0.3) is 0 Å². The largest absolute Gasteiger partial charge is 0.448 e. The van der Waals surface area contributed by atoms with Crippen molar-refractivity contribution in [2.75, 3.05) is 0 Å². The molecule has 102 valence electrons. The minimum absolute atomic E-state index is 0.189. The van der Waals surface area contributed by atoms with Crippen molar-refractivity contribution in [2.24, 2.45) is 0 Å². The standard InChI is InChI=1S/C16H18Cl2O/c1-4-16(2,3)12-7-5-11(6-8-12)15(18)13-9-10-14(17)19-13/h5-10,15H,4H2,1-3H3. The van der Waals surface area contributed by atoms with Gasteiger partial charge in [0, 0.05) is 0 Å². The molecule has 0 aliphatic carbocycles. The van der Waals surface area contributed by atoms with Gasteiger partial charge in [-0.3, -0.25) is 0 Å². The van der Waals surface area contributed by atoms with E-state index in [1.54, 1.807) is 6.07 Å². The van der Waals surface area contributed by atoms with Crippen molar-refractivity contribution in [3.8, 4) is 0 Å². The molecule has 0 fully saturated rings. The highest BCUT2D eigenvalue weighted by atomic mass is 35.5. The van der Waals surface area contributed by atoms with Gasteiger partial charge >= 0.3 is 0 Å². The summed E-state index contributed by atoms with van der Waals surface area (Å²) >= 11 is 12.2. The fraction of sp³-hybridized carbons (Fsp3) is 0.375. The van der Waals surface area contributed by atoms with Crippen LogP contribution in [0.2, 0.25) is 5.22 Å². The number of halogens is 2. The summed E-state index contributed by atoms with van der Waals surface area (Å²) in [5, 5.41) is 0.0654. The summed E-state index contributed by atoms with van der Waals surface area (Å²) in [6, 6.07) is 11.9. The Labute approximate surface area is 124 Å². The maximum Gasteiger partial charge on any atom is 0.193 e. The molecule has 0 saturated heterocycles. The first kappa shape index (κ1) is 14.5. The Balaban J connectivity index is 2.23. The molecule has 0 bridgehead atoms. The van der Waals surface area contributed by atoms with Crippen molar-refractivity contribution in [1.82, 2.24) is 0 Å². The molecule has 1 heterocycles. The number of hydrogen-bond acceptors (Lipinski definition) is 1. The molecule has 3 heteroatoms. The first-order valence-corrected chi connectivity index (χ1v) is 7.25. The molecule has 0 spiro atoms. The minimum atomic E-state index is -0.300. The average molecular weight is 297 g/mol. The van der Waals surface area contributed by atoms with Gasteiger partial charge in [-0.15, -0.1) is 11.6 Å². The Morgan fingerprint density at radius 2 is 1.74 bits per heavy atom. The molecular formula is C16H18Cl2O. The second-order valence-electron chi connectivity index (χ2n) is 5.36. The predicted octanol–water partition coefficient (Wildman–Crippen LogP) is 5.95. The van der Waals surface area contributed by atoms with E-state index in [1.807, 2.05) is 6.07 Å². The Bertz CT molecular complexity index is 540. The number of hydrogen-bond donors (Lipinski definition) is 0. The Hall–Kier alpha value is -0.920. The van der Waals surface area contributed by atoms with Crippen molar-refractivity contribution >= 4 is 23.2 Å². The molecule has 19 heavy (non-hydrogen) atoms. The fourth-order valence-electron chi connectivity index (χ4n) is 1.94. The molecule has 2 rings (SSSR count). The van der Waals surface area contributed by atoms with Gasteiger partial charge in [-0.05, 0) is 46.7 Å². The van der Waals surface area contributed by atoms with Crippen LogP contribution in [0.5, 0.6) is 0 Å². The lowest BCUT2D eigenvalue weighted by Crippen LogP contribution is -2.15. The lowest BCUT2D eigenvalue weighted by molar-refractivity contribution is 0.505. The van der Waals surface area contributed by atoms with E-state index in [0.717, 1.165) is 12.0 Å². The number of alkyl halides is 1. The molecule has 0 radical (unpaired) electrons. The third kappa shape index (κ3) is 3.16. The van der Waals surface area contributed by atoms with Crippen molar-refractivity contribution in [1.29, 1.82) is 0 Å². The van der Waals surface area contributed by atoms with Gasteiger partial charge in [0.1, 0.15) is 11.1 Å². The molecule has 0 saturated carbocycles. The van der Waals surface area contributed by atoms with Crippen LogP contribution in [-0.2, 0) is 5.41 Å². The molecule has 2 aromatic rings. The Morgan fingerprint density at radius 1 is 1.11 bits per heavy atom. The van der Waals surface area contributed by atoms with E-state index >= 15 is 0 Å². The quantitative estimate of drug-likeness (QED) is 0.636. The highest BCUT2D eigenvalue weighted by molar-refractivity contribution is 6.29. The van der Waals surface area contributed by atoms with E-state index in [0.29, 0.717) is 11.0 Å². The Kier molecular flexibility index (Phi) is 4.27. The highest BCUT2D eigenvalue weighted by Gasteiger charge is 2.19. The van der Waals surface area contributed by atoms with Crippen molar-refractivity contribution in [2.45, 2.75) is 38.0 Å². The summed E-state index contributed by atoms with van der Waals surface area (Å²) in [5.41, 5.74) is 2.53. The summed E-state index contributed by atoms with van der Waals surface area (Å²) in [6.07, 6.45) is 1.10. The van der Waals surface area contributed by atoms with Crippen LogP contribution in [-0.4, -0.2) is 0 Å². The van der Waals surface area contributed by atoms with E-state index in [1.165, 1.54) is 5.56 Å². The second-order valence-corrected chi connectivity index (χ2v) is 6.17. The van der Waals surface area contributed by atoms with Crippen LogP contribution >= 0.6 is 23.2 Å². The molecule has 1 atom stereocenters. The molecule has 1 nitrogen and oxygen atoms in total. The van der Waals surface area contributed by atoms with Crippen LogP contribution in [0, 0.1) is 0 Å². The topological polar surface area (TPSA) is 13.1 Å². The normalized spacial score (nSPS) is 13.5. The zero-order chi connectivity index (χ0) is 14.0. The molecule has 1 unspecified atom stereocenters. The second kappa shape index (κ2) is 5.60. The van der Waals surface area contributed by atoms with Gasteiger partial charge in [0.05, 0.1) is 0 Å².